The molecule has 0 spiro atoms. The van der Waals surface area contributed by atoms with Crippen molar-refractivity contribution >= 4 is 11.9 Å². The van der Waals surface area contributed by atoms with E-state index >= 15 is 0 Å². The number of carbonyl (C=O) groups is 2. The molecule has 2 N–H and O–H groups in total. The molecular weight excluding hydrogens is 141 g/mol. The molecule has 0 saturated carbocycles. The fraction of sp³-hybridized carbons (Fsp3) is 0.600. The number of hydrogen-bond donors (Lipinski definition) is 2. The quantitative estimate of drug-likeness (QED) is 0.570. The van der Waals surface area contributed by atoms with Gasteiger partial charge in [0.2, 0.25) is 0 Å². The number of carboxylic acid groups (broad SMARTS) is 1. The number of carbonyl (C=O) groups excluding carboxylic acids is 1. The Morgan fingerprint density at radius 1 is 1.70 bits per heavy atom. The lowest BCUT2D eigenvalue weighted by molar-refractivity contribution is -0.141. The van der Waals surface area contributed by atoms with Gasteiger partial charge in [0.1, 0.15) is 6.04 Å². The third-order valence-electron chi connectivity index (χ3n) is 0.869. The normalized spacial score (nSPS) is 12.2. The van der Waals surface area contributed by atoms with Gasteiger partial charge in [-0.2, -0.15) is 0 Å². The lowest BCUT2D eigenvalue weighted by Gasteiger charge is -2.05. The summed E-state index contributed by atoms with van der Waals surface area (Å²) >= 11 is 0. The van der Waals surface area contributed by atoms with Crippen molar-refractivity contribution in [1.29, 1.82) is 0 Å². The summed E-state index contributed by atoms with van der Waals surface area (Å²) in [6, 6.07) is -1.02. The minimum absolute atomic E-state index is 0.908. The van der Waals surface area contributed by atoms with Crippen LogP contribution in [0.15, 0.2) is 0 Å². The van der Waals surface area contributed by atoms with Crippen molar-refractivity contribution in [1.82, 2.24) is 5.32 Å². The molecule has 0 rings (SSSR count). The molecule has 10 heavy (non-hydrogen) atoms. The van der Waals surface area contributed by atoms with Gasteiger partial charge in [0.15, 0.2) is 6.67 Å². The van der Waals surface area contributed by atoms with Gasteiger partial charge in [-0.15, -0.1) is 0 Å². The average molecular weight is 149 g/mol. The summed E-state index contributed by atoms with van der Waals surface area (Å²) in [4.78, 5) is 20.2. The number of amides is 1. The number of aliphatic carboxylic acids is 1. The molecule has 0 aliphatic carbocycles. The lowest BCUT2D eigenvalue weighted by Crippen LogP contribution is -2.39. The molecule has 0 aliphatic rings. The Morgan fingerprint density at radius 2 is 2.20 bits per heavy atom. The smallest absolute Gasteiger partial charge is 0.325 e. The van der Waals surface area contributed by atoms with Gasteiger partial charge >= 0.3 is 5.97 Å². The first-order chi connectivity index (χ1) is 4.57. The number of carboxylic acids is 1. The van der Waals surface area contributed by atoms with Crippen LogP contribution in [0.4, 0.5) is 4.39 Å². The van der Waals surface area contributed by atoms with Gasteiger partial charge in [0.05, 0.1) is 0 Å². The fourth-order valence-electron chi connectivity index (χ4n) is 0.342. The van der Waals surface area contributed by atoms with Crippen molar-refractivity contribution in [2.24, 2.45) is 0 Å². The molecule has 58 valence electrons. The fourth-order valence-corrected chi connectivity index (χ4v) is 0.342. The number of alkyl halides is 1. The molecule has 1 amide bonds. The third kappa shape index (κ3) is 3.01. The van der Waals surface area contributed by atoms with Crippen molar-refractivity contribution < 1.29 is 19.1 Å². The Bertz CT molecular complexity index is 148. The highest BCUT2D eigenvalue weighted by Crippen LogP contribution is 1.80. The Labute approximate surface area is 57.0 Å². The highest BCUT2D eigenvalue weighted by Gasteiger charge is 2.12. The SMILES string of the molecule is CC(NC(=O)CF)C(=O)O. The summed E-state index contributed by atoms with van der Waals surface area (Å²) in [6.07, 6.45) is 0. The van der Waals surface area contributed by atoms with Gasteiger partial charge < -0.3 is 10.4 Å². The molecule has 0 aromatic carbocycles. The van der Waals surface area contributed by atoms with Crippen LogP contribution in [0, 0.1) is 0 Å². The number of nitrogens with one attached hydrogen (secondary N) is 1. The monoisotopic (exact) mass is 149 g/mol. The molecule has 0 bridgehead atoms. The van der Waals surface area contributed by atoms with E-state index in [1.165, 1.54) is 6.92 Å². The van der Waals surface area contributed by atoms with Gasteiger partial charge in [-0.25, -0.2) is 4.39 Å². The first-order valence-corrected chi connectivity index (χ1v) is 2.66. The maximum Gasteiger partial charge on any atom is 0.325 e. The zero-order valence-electron chi connectivity index (χ0n) is 5.43. The van der Waals surface area contributed by atoms with Gasteiger partial charge in [0.25, 0.3) is 5.91 Å². The topological polar surface area (TPSA) is 66.4 Å². The first-order valence-electron chi connectivity index (χ1n) is 2.66. The minimum atomic E-state index is -1.18. The van der Waals surface area contributed by atoms with E-state index in [9.17, 15) is 14.0 Å². The van der Waals surface area contributed by atoms with Crippen molar-refractivity contribution in [3.8, 4) is 0 Å². The van der Waals surface area contributed by atoms with Crippen LogP contribution in [0.3, 0.4) is 0 Å². The molecule has 0 saturated heterocycles. The van der Waals surface area contributed by atoms with Crippen molar-refractivity contribution in [2.45, 2.75) is 13.0 Å². The van der Waals surface area contributed by atoms with Crippen molar-refractivity contribution in [2.75, 3.05) is 6.67 Å². The molecule has 5 heteroatoms. The minimum Gasteiger partial charge on any atom is -0.480 e. The van der Waals surface area contributed by atoms with Crippen LogP contribution < -0.4 is 5.32 Å². The second-order valence-electron chi connectivity index (χ2n) is 1.76. The highest BCUT2D eigenvalue weighted by atomic mass is 19.1. The maximum absolute atomic E-state index is 11.4. The van der Waals surface area contributed by atoms with E-state index in [0.717, 1.165) is 0 Å². The van der Waals surface area contributed by atoms with E-state index < -0.39 is 24.6 Å². The number of rotatable bonds is 3. The Balaban J connectivity index is 3.68. The highest BCUT2D eigenvalue weighted by molar-refractivity contribution is 5.83. The molecule has 0 heterocycles. The molecule has 1 atom stereocenters. The Hall–Kier alpha value is -1.13. The molecule has 0 radical (unpaired) electrons. The average Bonchev–Trinajstić information content (AvgIpc) is 1.87. The zero-order chi connectivity index (χ0) is 8.15. The van der Waals surface area contributed by atoms with Crippen LogP contribution in [-0.2, 0) is 9.59 Å². The van der Waals surface area contributed by atoms with Gasteiger partial charge in [-0.3, -0.25) is 9.59 Å². The zero-order valence-corrected chi connectivity index (χ0v) is 5.43. The molecule has 4 nitrogen and oxygen atoms in total. The second kappa shape index (κ2) is 3.81. The van der Waals surface area contributed by atoms with E-state index in [1.54, 1.807) is 0 Å². The summed E-state index contributed by atoms with van der Waals surface area (Å²) in [5.74, 6) is -2.09. The van der Waals surface area contributed by atoms with E-state index in [4.69, 9.17) is 5.11 Å². The van der Waals surface area contributed by atoms with E-state index in [-0.39, 0.29) is 0 Å². The molecule has 0 aliphatic heterocycles. The van der Waals surface area contributed by atoms with Crippen LogP contribution in [0.25, 0.3) is 0 Å². The second-order valence-corrected chi connectivity index (χ2v) is 1.76. The number of halogens is 1. The van der Waals surface area contributed by atoms with E-state index in [1.807, 2.05) is 5.32 Å². The summed E-state index contributed by atoms with van der Waals surface area (Å²) in [7, 11) is 0. The summed E-state index contributed by atoms with van der Waals surface area (Å²) < 4.78 is 11.4. The van der Waals surface area contributed by atoms with E-state index in [2.05, 4.69) is 0 Å². The van der Waals surface area contributed by atoms with Gasteiger partial charge in [-0.1, -0.05) is 0 Å². The Kier molecular flexibility index (Phi) is 3.38. The number of hydrogen-bond acceptors (Lipinski definition) is 2. The van der Waals surface area contributed by atoms with Gasteiger partial charge in [0, 0.05) is 0 Å². The maximum atomic E-state index is 11.4. The standard InChI is InChI=1S/C5H8FNO3/c1-3(5(9)10)7-4(8)2-6/h3H,2H2,1H3,(H,7,8)(H,9,10). The third-order valence-corrected chi connectivity index (χ3v) is 0.869. The van der Waals surface area contributed by atoms with E-state index in [0.29, 0.717) is 0 Å². The first kappa shape index (κ1) is 8.87. The summed E-state index contributed by atoms with van der Waals surface area (Å²) in [5, 5.41) is 10.1. The van der Waals surface area contributed by atoms with Gasteiger partial charge in [-0.05, 0) is 6.92 Å². The van der Waals surface area contributed by atoms with Crippen LogP contribution in [-0.4, -0.2) is 29.7 Å². The summed E-state index contributed by atoms with van der Waals surface area (Å²) in [5.41, 5.74) is 0. The largest absolute Gasteiger partial charge is 0.480 e. The lowest BCUT2D eigenvalue weighted by atomic mass is 10.3. The molecule has 0 aromatic heterocycles. The molecular formula is C5H8FNO3. The Morgan fingerprint density at radius 3 is 2.50 bits per heavy atom. The predicted molar refractivity (Wildman–Crippen MR) is 31.2 cm³/mol. The molecule has 0 aromatic rings. The summed E-state index contributed by atoms with van der Waals surface area (Å²) in [6.45, 7) is 0.0769. The van der Waals surface area contributed by atoms with Crippen molar-refractivity contribution in [3.63, 3.8) is 0 Å². The van der Waals surface area contributed by atoms with Crippen LogP contribution >= 0.6 is 0 Å². The van der Waals surface area contributed by atoms with Crippen LogP contribution in [0.1, 0.15) is 6.92 Å². The van der Waals surface area contributed by atoms with Crippen LogP contribution in [0.2, 0.25) is 0 Å². The molecule has 1 unspecified atom stereocenters. The molecule has 0 fully saturated rings. The van der Waals surface area contributed by atoms with Crippen LogP contribution in [0.5, 0.6) is 0 Å². The van der Waals surface area contributed by atoms with Crippen molar-refractivity contribution in [3.05, 3.63) is 0 Å². The predicted octanol–water partition coefficient (Wildman–Crippen LogP) is -0.455.